The summed E-state index contributed by atoms with van der Waals surface area (Å²) in [4.78, 5) is 19.9. The highest BCUT2D eigenvalue weighted by atomic mass is 19.1. The maximum atomic E-state index is 14.7. The lowest BCUT2D eigenvalue weighted by Gasteiger charge is -2.29. The highest BCUT2D eigenvalue weighted by molar-refractivity contribution is 5.94. The van der Waals surface area contributed by atoms with Crippen molar-refractivity contribution in [1.29, 1.82) is 5.26 Å². The lowest BCUT2D eigenvalue weighted by Crippen LogP contribution is -2.20. The lowest BCUT2D eigenvalue weighted by atomic mass is 9.77. The fourth-order valence-corrected chi connectivity index (χ4v) is 4.89. The Balaban J connectivity index is 1.38. The molecule has 0 spiro atoms. The van der Waals surface area contributed by atoms with Gasteiger partial charge in [-0.1, -0.05) is 19.3 Å². The van der Waals surface area contributed by atoms with Crippen molar-refractivity contribution >= 4 is 10.9 Å². The number of nitriles is 1. The molecule has 166 valence electrons. The summed E-state index contributed by atoms with van der Waals surface area (Å²) in [5.41, 5.74) is 2.44. The minimum Gasteiger partial charge on any atom is -0.358 e. The van der Waals surface area contributed by atoms with Crippen molar-refractivity contribution in [2.45, 2.75) is 38.5 Å². The van der Waals surface area contributed by atoms with E-state index in [4.69, 9.17) is 0 Å². The lowest BCUT2D eigenvalue weighted by molar-refractivity contribution is 0.259. The number of benzene rings is 1. The number of hydrogen-bond donors (Lipinski definition) is 1. The fraction of sp³-hybridized carbons (Fsp3) is 0.320. The number of aromatic amines is 1. The second-order valence-electron chi connectivity index (χ2n) is 8.69. The smallest absolute Gasteiger partial charge is 0.163 e. The first kappa shape index (κ1) is 21.1. The Kier molecular flexibility index (Phi) is 5.78. The zero-order chi connectivity index (χ0) is 22.8. The molecule has 0 radical (unpaired) electrons. The molecule has 1 N–H and O–H groups in total. The molecule has 6 nitrogen and oxygen atoms in total. The van der Waals surface area contributed by atoms with Crippen molar-refractivity contribution in [1.82, 2.24) is 24.9 Å². The summed E-state index contributed by atoms with van der Waals surface area (Å²) >= 11 is 0. The molecule has 1 fully saturated rings. The first-order valence-corrected chi connectivity index (χ1v) is 11.1. The third-order valence-corrected chi connectivity index (χ3v) is 6.44. The quantitative estimate of drug-likeness (QED) is 0.459. The van der Waals surface area contributed by atoms with Gasteiger partial charge in [0.2, 0.25) is 0 Å². The molecular formula is C25H22F2N6. The maximum Gasteiger partial charge on any atom is 0.163 e. The molecule has 1 saturated carbocycles. The molecule has 3 heterocycles. The van der Waals surface area contributed by atoms with E-state index in [1.165, 1.54) is 12.3 Å². The van der Waals surface area contributed by atoms with Crippen LogP contribution < -0.4 is 0 Å². The van der Waals surface area contributed by atoms with Crippen molar-refractivity contribution in [3.8, 4) is 17.5 Å². The Morgan fingerprint density at radius 2 is 1.94 bits per heavy atom. The van der Waals surface area contributed by atoms with Crippen molar-refractivity contribution in [2.75, 3.05) is 0 Å². The highest BCUT2D eigenvalue weighted by Gasteiger charge is 2.25. The molecule has 3 aromatic heterocycles. The molecule has 0 amide bonds. The van der Waals surface area contributed by atoms with Gasteiger partial charge < -0.3 is 4.98 Å². The zero-order valence-electron chi connectivity index (χ0n) is 17.9. The molecule has 1 aromatic carbocycles. The number of aromatic nitrogens is 5. The molecule has 0 bridgehead atoms. The fourth-order valence-electron chi connectivity index (χ4n) is 4.89. The topological polar surface area (TPSA) is 91.1 Å². The van der Waals surface area contributed by atoms with Crippen LogP contribution in [-0.4, -0.2) is 24.9 Å². The molecular weight excluding hydrogens is 422 g/mol. The van der Waals surface area contributed by atoms with E-state index in [1.54, 1.807) is 24.8 Å². The Bertz CT molecular complexity index is 1330. The summed E-state index contributed by atoms with van der Waals surface area (Å²) in [6.07, 6.45) is 11.8. The van der Waals surface area contributed by atoms with Crippen molar-refractivity contribution < 1.29 is 8.78 Å². The van der Waals surface area contributed by atoms with Gasteiger partial charge in [0.15, 0.2) is 11.6 Å². The van der Waals surface area contributed by atoms with Crippen LogP contribution in [-0.2, 0) is 12.8 Å². The van der Waals surface area contributed by atoms with Crippen LogP contribution in [0, 0.1) is 34.8 Å². The van der Waals surface area contributed by atoms with E-state index in [0.29, 0.717) is 40.7 Å². The predicted molar refractivity (Wildman–Crippen MR) is 119 cm³/mol. The van der Waals surface area contributed by atoms with E-state index in [2.05, 4.69) is 24.9 Å². The molecule has 0 aliphatic heterocycles. The van der Waals surface area contributed by atoms with E-state index in [0.717, 1.165) is 37.8 Å². The third kappa shape index (κ3) is 4.44. The third-order valence-electron chi connectivity index (χ3n) is 6.44. The average molecular weight is 444 g/mol. The largest absolute Gasteiger partial charge is 0.358 e. The molecule has 5 rings (SSSR count). The van der Waals surface area contributed by atoms with E-state index in [-0.39, 0.29) is 11.1 Å². The Morgan fingerprint density at radius 1 is 1.09 bits per heavy atom. The number of nitrogens with one attached hydrogen (secondary N) is 1. The van der Waals surface area contributed by atoms with Crippen molar-refractivity contribution in [3.05, 3.63) is 71.7 Å². The number of hydrogen-bond acceptors (Lipinski definition) is 5. The summed E-state index contributed by atoms with van der Waals surface area (Å²) in [6, 6.07) is 6.68. The number of halogens is 2. The summed E-state index contributed by atoms with van der Waals surface area (Å²) in [5, 5.41) is 9.69. The standard InChI is InChI=1S/C25H22F2N6/c26-21-9-17(11-28)8-19-20(12-30-24(19)21)25-31-13-22(27)23(33-25)10-16-3-1-2-15(6-16)7-18-4-5-29-14-32-18/h4-5,8-9,12-16,30H,1-3,6-7,10H2/t15-,16+/m0/s1. The molecule has 8 heteroatoms. The molecule has 1 aliphatic carbocycles. The van der Waals surface area contributed by atoms with Gasteiger partial charge in [0.25, 0.3) is 0 Å². The highest BCUT2D eigenvalue weighted by Crippen LogP contribution is 2.34. The molecule has 4 aromatic rings. The van der Waals surface area contributed by atoms with Gasteiger partial charge in [-0.15, -0.1) is 0 Å². The van der Waals surface area contributed by atoms with Gasteiger partial charge in [-0.2, -0.15) is 5.26 Å². The normalized spacial score (nSPS) is 18.3. The Hall–Kier alpha value is -3.73. The first-order chi connectivity index (χ1) is 16.1. The van der Waals surface area contributed by atoms with Gasteiger partial charge in [-0.05, 0) is 49.3 Å². The van der Waals surface area contributed by atoms with Crippen LogP contribution in [0.3, 0.4) is 0 Å². The number of nitrogens with zero attached hydrogens (tertiary/aromatic N) is 5. The summed E-state index contributed by atoms with van der Waals surface area (Å²) < 4.78 is 29.0. The number of rotatable bonds is 5. The molecule has 33 heavy (non-hydrogen) atoms. The predicted octanol–water partition coefficient (Wildman–Crippen LogP) is 5.16. The monoisotopic (exact) mass is 444 g/mol. The summed E-state index contributed by atoms with van der Waals surface area (Å²) in [5.74, 6) is 0.202. The molecule has 2 atom stereocenters. The van der Waals surface area contributed by atoms with Gasteiger partial charge >= 0.3 is 0 Å². The van der Waals surface area contributed by atoms with Gasteiger partial charge in [0.1, 0.15) is 12.1 Å². The van der Waals surface area contributed by atoms with E-state index < -0.39 is 11.6 Å². The Morgan fingerprint density at radius 3 is 2.73 bits per heavy atom. The second kappa shape index (κ2) is 9.02. The molecule has 0 saturated heterocycles. The minimum atomic E-state index is -0.519. The summed E-state index contributed by atoms with van der Waals surface area (Å²) in [6.45, 7) is 0. The van der Waals surface area contributed by atoms with Crippen LogP contribution in [0.15, 0.2) is 43.1 Å². The summed E-state index contributed by atoms with van der Waals surface area (Å²) in [7, 11) is 0. The van der Waals surface area contributed by atoms with Crippen LogP contribution in [0.25, 0.3) is 22.3 Å². The van der Waals surface area contributed by atoms with E-state index in [9.17, 15) is 14.0 Å². The van der Waals surface area contributed by atoms with E-state index in [1.807, 2.05) is 12.1 Å². The Labute approximate surface area is 189 Å². The van der Waals surface area contributed by atoms with Gasteiger partial charge in [-0.3, -0.25) is 0 Å². The maximum absolute atomic E-state index is 14.7. The van der Waals surface area contributed by atoms with Crippen molar-refractivity contribution in [2.24, 2.45) is 11.8 Å². The van der Waals surface area contributed by atoms with Gasteiger partial charge in [0, 0.05) is 29.0 Å². The first-order valence-electron chi connectivity index (χ1n) is 11.1. The van der Waals surface area contributed by atoms with Crippen LogP contribution in [0.4, 0.5) is 8.78 Å². The van der Waals surface area contributed by atoms with Gasteiger partial charge in [-0.25, -0.2) is 28.7 Å². The van der Waals surface area contributed by atoms with Crippen LogP contribution in [0.2, 0.25) is 0 Å². The molecule has 1 aliphatic rings. The van der Waals surface area contributed by atoms with Gasteiger partial charge in [0.05, 0.1) is 29.0 Å². The van der Waals surface area contributed by atoms with Crippen LogP contribution >= 0.6 is 0 Å². The number of fused-ring (bicyclic) bond motifs is 1. The zero-order valence-corrected chi connectivity index (χ0v) is 17.9. The van der Waals surface area contributed by atoms with Crippen LogP contribution in [0.5, 0.6) is 0 Å². The number of H-pyrrole nitrogens is 1. The van der Waals surface area contributed by atoms with Crippen molar-refractivity contribution in [3.63, 3.8) is 0 Å². The molecule has 0 unspecified atom stereocenters. The second-order valence-corrected chi connectivity index (χ2v) is 8.69. The van der Waals surface area contributed by atoms with E-state index >= 15 is 0 Å². The average Bonchev–Trinajstić information content (AvgIpc) is 3.26. The minimum absolute atomic E-state index is 0.208. The SMILES string of the molecule is N#Cc1cc(F)c2[nH]cc(-c3ncc(F)c(C[C@@H]4CCC[C@H](Cc5ccncn5)C4)n3)c2c1. The van der Waals surface area contributed by atoms with Crippen LogP contribution in [0.1, 0.15) is 42.6 Å².